The smallest absolute Gasteiger partial charge is 0.250 e. The molecule has 5 aromatic heterocycles. The first-order chi connectivity index (χ1) is 27.7. The average Bonchev–Trinajstić information content (AvgIpc) is 3.95. The van der Waals surface area contributed by atoms with E-state index in [0.717, 1.165) is 28.6 Å². The average molecular weight is 813 g/mol. The Balaban J connectivity index is 1.13. The summed E-state index contributed by atoms with van der Waals surface area (Å²) < 4.78 is 34.5. The minimum Gasteiger partial charge on any atom is -0.340 e. The summed E-state index contributed by atoms with van der Waals surface area (Å²) in [6.07, 6.45) is 11.8. The Kier molecular flexibility index (Phi) is 9.28. The largest absolute Gasteiger partial charge is 0.340 e. The molecule has 0 radical (unpaired) electrons. The van der Waals surface area contributed by atoms with Gasteiger partial charge in [-0.3, -0.25) is 4.68 Å². The van der Waals surface area contributed by atoms with Gasteiger partial charge in [0.05, 0.1) is 42.8 Å². The van der Waals surface area contributed by atoms with E-state index in [-0.39, 0.29) is 0 Å². The van der Waals surface area contributed by atoms with Crippen LogP contribution in [0, 0.1) is 0 Å². The van der Waals surface area contributed by atoms with E-state index >= 15 is 0 Å². The van der Waals surface area contributed by atoms with Crippen molar-refractivity contribution in [2.24, 2.45) is 0 Å². The molecule has 5 heterocycles. The van der Waals surface area contributed by atoms with Gasteiger partial charge in [-0.1, -0.05) is 77.8 Å². The Bertz CT molecular complexity index is 3020. The van der Waals surface area contributed by atoms with Gasteiger partial charge in [0.15, 0.2) is 17.1 Å². The van der Waals surface area contributed by atoms with Gasteiger partial charge in [-0.25, -0.2) is 32.4 Å². The van der Waals surface area contributed by atoms with Gasteiger partial charge in [0.25, 0.3) is 0 Å². The zero-order valence-electron chi connectivity index (χ0n) is 30.1. The van der Waals surface area contributed by atoms with Crippen molar-refractivity contribution in [3.05, 3.63) is 168 Å². The van der Waals surface area contributed by atoms with E-state index < -0.39 is 10.0 Å². The molecule has 4 aromatic carbocycles. The van der Waals surface area contributed by atoms with Crippen LogP contribution in [0.15, 0.2) is 152 Å². The Morgan fingerprint density at radius 1 is 0.667 bits per heavy atom. The molecule has 0 amide bonds. The highest BCUT2D eigenvalue weighted by atomic mass is 35.5. The molecule has 0 fully saturated rings. The molecule has 13 nitrogen and oxygen atoms in total. The first-order valence-electron chi connectivity index (χ1n) is 17.6. The standard InChI is InChI=1S/C41H31Cl2N11O2S/c1-57(55,56)54(35-15-5-10-29(20-35)36-24-45-51-18-16-38(48-40(36)51)47-33-13-6-11-31(42)21-33)53(34-14-7-12-32(43)22-34)39-17-19-52-41(49-39)37(25-46-52)30-23-44-50(27-30)26-28-8-3-2-4-9-28/h2-25,27H,26H2,1H3,(H,47,48). The fourth-order valence-electron chi connectivity index (χ4n) is 6.58. The molecular weight excluding hydrogens is 781 g/mol. The maximum atomic E-state index is 14.1. The van der Waals surface area contributed by atoms with E-state index in [1.54, 1.807) is 101 Å². The van der Waals surface area contributed by atoms with E-state index in [2.05, 4.69) is 20.6 Å². The second-order valence-electron chi connectivity index (χ2n) is 13.1. The molecule has 16 heteroatoms. The van der Waals surface area contributed by atoms with Crippen molar-refractivity contribution in [2.45, 2.75) is 6.54 Å². The van der Waals surface area contributed by atoms with Crippen LogP contribution in [0.4, 0.5) is 28.7 Å². The van der Waals surface area contributed by atoms with E-state index in [1.807, 2.05) is 65.5 Å². The number of nitrogens with zero attached hydrogens (tertiary/aromatic N) is 10. The Labute approximate surface area is 337 Å². The Morgan fingerprint density at radius 3 is 2.11 bits per heavy atom. The van der Waals surface area contributed by atoms with Crippen molar-refractivity contribution in [3.63, 3.8) is 0 Å². The van der Waals surface area contributed by atoms with Crippen LogP contribution < -0.4 is 14.7 Å². The van der Waals surface area contributed by atoms with Gasteiger partial charge >= 0.3 is 0 Å². The molecule has 0 spiro atoms. The predicted molar refractivity (Wildman–Crippen MR) is 224 cm³/mol. The zero-order valence-corrected chi connectivity index (χ0v) is 32.4. The lowest BCUT2D eigenvalue weighted by molar-refractivity contribution is 0.596. The molecule has 0 aliphatic heterocycles. The number of rotatable bonds is 11. The number of hydrogen-bond donors (Lipinski definition) is 1. The van der Waals surface area contributed by atoms with Crippen molar-refractivity contribution in [3.8, 4) is 22.3 Å². The number of halogens is 2. The molecule has 9 rings (SSSR count). The van der Waals surface area contributed by atoms with Crippen molar-refractivity contribution in [2.75, 3.05) is 21.0 Å². The summed E-state index contributed by atoms with van der Waals surface area (Å²) in [6, 6.07) is 35.0. The molecule has 282 valence electrons. The van der Waals surface area contributed by atoms with Gasteiger partial charge in [0.2, 0.25) is 10.0 Å². The summed E-state index contributed by atoms with van der Waals surface area (Å²) in [7, 11) is -4.04. The van der Waals surface area contributed by atoms with Gasteiger partial charge in [-0.15, -0.1) is 0 Å². The summed E-state index contributed by atoms with van der Waals surface area (Å²) in [5.41, 5.74) is 6.64. The third kappa shape index (κ3) is 7.36. The number of fused-ring (bicyclic) bond motifs is 2. The highest BCUT2D eigenvalue weighted by Gasteiger charge is 2.30. The second kappa shape index (κ2) is 14.7. The molecule has 1 N–H and O–H groups in total. The lowest BCUT2D eigenvalue weighted by Gasteiger charge is -2.35. The zero-order chi connectivity index (χ0) is 39.1. The van der Waals surface area contributed by atoms with Crippen molar-refractivity contribution in [1.29, 1.82) is 0 Å². The lowest BCUT2D eigenvalue weighted by atomic mass is 10.1. The summed E-state index contributed by atoms with van der Waals surface area (Å²) in [6.45, 7) is 0.593. The fraction of sp³-hybridized carbons (Fsp3) is 0.0488. The first kappa shape index (κ1) is 35.9. The Morgan fingerprint density at radius 2 is 1.35 bits per heavy atom. The monoisotopic (exact) mass is 811 g/mol. The first-order valence-corrected chi connectivity index (χ1v) is 20.2. The van der Waals surface area contributed by atoms with Crippen LogP contribution >= 0.6 is 23.2 Å². The molecule has 0 saturated heterocycles. The molecule has 0 bridgehead atoms. The minimum atomic E-state index is -4.04. The SMILES string of the molecule is CS(=O)(=O)N(c1cccc(-c2cnn3ccc(Nc4cccc(Cl)c4)nc23)c1)N(c1cccc(Cl)c1)c1ccn2ncc(-c3cnn(Cc4ccccc4)c3)c2n1. The lowest BCUT2D eigenvalue weighted by Crippen LogP contribution is -2.44. The number of hydrogen-bond acceptors (Lipinski definition) is 9. The van der Waals surface area contributed by atoms with Crippen molar-refractivity contribution < 1.29 is 8.42 Å². The van der Waals surface area contributed by atoms with E-state index in [1.165, 1.54) is 9.42 Å². The highest BCUT2D eigenvalue weighted by Crippen LogP contribution is 2.37. The molecule has 0 aliphatic rings. The molecule has 0 unspecified atom stereocenters. The highest BCUT2D eigenvalue weighted by molar-refractivity contribution is 7.92. The molecule has 9 aromatic rings. The topological polar surface area (TPSA) is 131 Å². The van der Waals surface area contributed by atoms with E-state index in [4.69, 9.17) is 33.2 Å². The number of anilines is 5. The fourth-order valence-corrected chi connectivity index (χ4v) is 7.93. The Hall–Kier alpha value is -6.74. The van der Waals surface area contributed by atoms with Crippen LogP contribution in [0.1, 0.15) is 5.56 Å². The minimum absolute atomic E-state index is 0.299. The third-order valence-corrected chi connectivity index (χ3v) is 10.6. The normalized spacial score (nSPS) is 11.6. The summed E-state index contributed by atoms with van der Waals surface area (Å²) in [5.74, 6) is 0.880. The van der Waals surface area contributed by atoms with Gasteiger partial charge < -0.3 is 5.32 Å². The number of nitrogens with one attached hydrogen (secondary N) is 1. The molecule has 0 aliphatic carbocycles. The maximum Gasteiger partial charge on any atom is 0.250 e. The maximum absolute atomic E-state index is 14.1. The number of aromatic nitrogens is 8. The van der Waals surface area contributed by atoms with Gasteiger partial charge in [0.1, 0.15) is 5.82 Å². The molecule has 57 heavy (non-hydrogen) atoms. The van der Waals surface area contributed by atoms with Crippen LogP contribution in [0.25, 0.3) is 33.5 Å². The number of benzene rings is 4. The number of sulfonamides is 1. The van der Waals surface area contributed by atoms with E-state index in [9.17, 15) is 8.42 Å². The molecule has 0 atom stereocenters. The predicted octanol–water partition coefficient (Wildman–Crippen LogP) is 8.92. The van der Waals surface area contributed by atoms with Crippen molar-refractivity contribution >= 4 is 73.2 Å². The quantitative estimate of drug-likeness (QED) is 0.127. The van der Waals surface area contributed by atoms with Crippen LogP contribution in [-0.4, -0.2) is 53.7 Å². The van der Waals surface area contributed by atoms with E-state index in [0.29, 0.717) is 62.0 Å². The van der Waals surface area contributed by atoms with Crippen molar-refractivity contribution in [1.82, 2.24) is 39.0 Å². The second-order valence-corrected chi connectivity index (χ2v) is 15.8. The summed E-state index contributed by atoms with van der Waals surface area (Å²) in [4.78, 5) is 9.88. The molecular formula is C41H31Cl2N11O2S. The molecule has 0 saturated carbocycles. The van der Waals surface area contributed by atoms with Gasteiger partial charge in [-0.2, -0.15) is 19.7 Å². The van der Waals surface area contributed by atoms with Gasteiger partial charge in [-0.05, 0) is 65.7 Å². The van der Waals surface area contributed by atoms with Crippen LogP contribution in [-0.2, 0) is 16.6 Å². The van der Waals surface area contributed by atoms with Crippen LogP contribution in [0.3, 0.4) is 0 Å². The summed E-state index contributed by atoms with van der Waals surface area (Å²) in [5, 5.41) is 19.5. The van der Waals surface area contributed by atoms with Gasteiger partial charge in [0, 0.05) is 57.1 Å². The summed E-state index contributed by atoms with van der Waals surface area (Å²) >= 11 is 12.7. The number of hydrazine groups is 1. The third-order valence-electron chi connectivity index (χ3n) is 9.10. The van der Waals surface area contributed by atoms with Crippen LogP contribution in [0.2, 0.25) is 10.0 Å². The van der Waals surface area contributed by atoms with Crippen LogP contribution in [0.5, 0.6) is 0 Å².